The van der Waals surface area contributed by atoms with Crippen molar-refractivity contribution in [2.24, 2.45) is 0 Å². The third-order valence-corrected chi connectivity index (χ3v) is 4.81. The van der Waals surface area contributed by atoms with E-state index in [0.717, 1.165) is 18.4 Å². The second-order valence-corrected chi connectivity index (χ2v) is 6.71. The van der Waals surface area contributed by atoms with E-state index in [2.05, 4.69) is 20.9 Å². The van der Waals surface area contributed by atoms with Gasteiger partial charge in [-0.3, -0.25) is 4.79 Å². The lowest BCUT2D eigenvalue weighted by Crippen LogP contribution is -2.48. The molecule has 0 radical (unpaired) electrons. The Hall–Kier alpha value is -2.28. The van der Waals surface area contributed by atoms with Gasteiger partial charge >= 0.3 is 0 Å². The molecule has 2 atom stereocenters. The van der Waals surface area contributed by atoms with Crippen molar-refractivity contribution in [3.63, 3.8) is 0 Å². The molecule has 1 aromatic heterocycles. The van der Waals surface area contributed by atoms with E-state index < -0.39 is 0 Å². The zero-order valence-corrected chi connectivity index (χ0v) is 13.3. The summed E-state index contributed by atoms with van der Waals surface area (Å²) in [6, 6.07) is 7.57. The summed E-state index contributed by atoms with van der Waals surface area (Å²) in [5, 5.41) is 14.5. The molecule has 2 aliphatic heterocycles. The van der Waals surface area contributed by atoms with Crippen molar-refractivity contribution in [1.29, 1.82) is 0 Å². The molecule has 126 valence electrons. The van der Waals surface area contributed by atoms with Crippen LogP contribution in [0.15, 0.2) is 30.5 Å². The molecule has 0 aliphatic carbocycles. The summed E-state index contributed by atoms with van der Waals surface area (Å²) in [6.45, 7) is 0.384. The van der Waals surface area contributed by atoms with Gasteiger partial charge in [-0.1, -0.05) is 17.3 Å². The van der Waals surface area contributed by atoms with Gasteiger partial charge in [-0.15, -0.1) is 5.10 Å². The normalized spacial score (nSPS) is 25.6. The van der Waals surface area contributed by atoms with Crippen LogP contribution in [-0.4, -0.2) is 39.0 Å². The standard InChI is InChI=1S/C17H20FN5O/c18-12-3-1-2-11(6-12)9-23-10-16(21-22-23)17(24)20-15-7-13-4-5-14(8-15)19-13/h1-3,6,10,13-15,19H,4-5,7-9H2,(H,20,24). The predicted octanol–water partition coefficient (Wildman–Crippen LogP) is 1.48. The molecule has 1 aromatic carbocycles. The maximum absolute atomic E-state index is 13.2. The molecule has 2 fully saturated rings. The zero-order chi connectivity index (χ0) is 16.5. The van der Waals surface area contributed by atoms with Gasteiger partial charge in [-0.25, -0.2) is 9.07 Å². The third kappa shape index (κ3) is 3.31. The largest absolute Gasteiger partial charge is 0.348 e. The monoisotopic (exact) mass is 329 g/mol. The number of piperidine rings is 1. The van der Waals surface area contributed by atoms with Gasteiger partial charge in [0.25, 0.3) is 5.91 Å². The first-order valence-corrected chi connectivity index (χ1v) is 8.37. The summed E-state index contributed by atoms with van der Waals surface area (Å²) in [4.78, 5) is 12.4. The van der Waals surface area contributed by atoms with Gasteiger partial charge in [-0.2, -0.15) is 0 Å². The molecule has 6 nitrogen and oxygen atoms in total. The van der Waals surface area contributed by atoms with E-state index in [-0.39, 0.29) is 17.8 Å². The summed E-state index contributed by atoms with van der Waals surface area (Å²) in [5.74, 6) is -0.474. The zero-order valence-electron chi connectivity index (χ0n) is 13.3. The van der Waals surface area contributed by atoms with Crippen LogP contribution >= 0.6 is 0 Å². The van der Waals surface area contributed by atoms with Crippen LogP contribution in [-0.2, 0) is 6.54 Å². The Morgan fingerprint density at radius 2 is 2.12 bits per heavy atom. The average Bonchev–Trinajstić information content (AvgIpc) is 3.14. The van der Waals surface area contributed by atoms with E-state index in [1.807, 2.05) is 6.07 Å². The molecule has 2 unspecified atom stereocenters. The van der Waals surface area contributed by atoms with Crippen molar-refractivity contribution < 1.29 is 9.18 Å². The maximum atomic E-state index is 13.2. The van der Waals surface area contributed by atoms with E-state index in [9.17, 15) is 9.18 Å². The lowest BCUT2D eigenvalue weighted by atomic mass is 10.00. The summed E-state index contributed by atoms with van der Waals surface area (Å²) in [7, 11) is 0. The Bertz CT molecular complexity index is 734. The van der Waals surface area contributed by atoms with E-state index in [1.165, 1.54) is 25.0 Å². The van der Waals surface area contributed by atoms with Crippen molar-refractivity contribution in [2.45, 2.75) is 50.4 Å². The Morgan fingerprint density at radius 3 is 2.88 bits per heavy atom. The van der Waals surface area contributed by atoms with Gasteiger partial charge in [0.05, 0.1) is 12.7 Å². The van der Waals surface area contributed by atoms with Crippen LogP contribution < -0.4 is 10.6 Å². The number of hydrogen-bond acceptors (Lipinski definition) is 4. The van der Waals surface area contributed by atoms with Crippen LogP contribution in [0.2, 0.25) is 0 Å². The van der Waals surface area contributed by atoms with Crippen molar-refractivity contribution in [3.05, 3.63) is 47.5 Å². The van der Waals surface area contributed by atoms with Crippen molar-refractivity contribution in [1.82, 2.24) is 25.6 Å². The van der Waals surface area contributed by atoms with Crippen LogP contribution in [0, 0.1) is 5.82 Å². The minimum atomic E-state index is -0.286. The average molecular weight is 329 g/mol. The lowest BCUT2D eigenvalue weighted by Gasteiger charge is -2.29. The number of carbonyl (C=O) groups is 1. The minimum absolute atomic E-state index is 0.188. The van der Waals surface area contributed by atoms with Gasteiger partial charge in [0.1, 0.15) is 5.82 Å². The molecule has 2 bridgehead atoms. The fourth-order valence-electron chi connectivity index (χ4n) is 3.74. The van der Waals surface area contributed by atoms with Crippen LogP contribution in [0.5, 0.6) is 0 Å². The van der Waals surface area contributed by atoms with Crippen molar-refractivity contribution in [2.75, 3.05) is 0 Å². The fourth-order valence-corrected chi connectivity index (χ4v) is 3.74. The second kappa shape index (κ2) is 6.32. The summed E-state index contributed by atoms with van der Waals surface area (Å²) in [6.07, 6.45) is 5.94. The van der Waals surface area contributed by atoms with Gasteiger partial charge < -0.3 is 10.6 Å². The second-order valence-electron chi connectivity index (χ2n) is 6.71. The highest BCUT2D eigenvalue weighted by atomic mass is 19.1. The van der Waals surface area contributed by atoms with Gasteiger partial charge in [0.2, 0.25) is 0 Å². The quantitative estimate of drug-likeness (QED) is 0.891. The SMILES string of the molecule is O=C(NC1CC2CCC(C1)N2)c1cn(Cc2cccc(F)c2)nn1. The number of halogens is 1. The number of nitrogens with zero attached hydrogens (tertiary/aromatic N) is 3. The summed E-state index contributed by atoms with van der Waals surface area (Å²) >= 11 is 0. The molecule has 2 N–H and O–H groups in total. The van der Waals surface area contributed by atoms with Crippen molar-refractivity contribution in [3.8, 4) is 0 Å². The number of nitrogens with one attached hydrogen (secondary N) is 2. The molecule has 2 aliphatic rings. The van der Waals surface area contributed by atoms with E-state index in [1.54, 1.807) is 16.9 Å². The molecule has 4 rings (SSSR count). The highest BCUT2D eigenvalue weighted by Crippen LogP contribution is 2.26. The van der Waals surface area contributed by atoms with E-state index in [0.29, 0.717) is 24.3 Å². The number of hydrogen-bond donors (Lipinski definition) is 2. The first-order chi connectivity index (χ1) is 11.7. The van der Waals surface area contributed by atoms with Crippen LogP contribution in [0.4, 0.5) is 4.39 Å². The number of amides is 1. The third-order valence-electron chi connectivity index (χ3n) is 4.81. The molecule has 0 spiro atoms. The molecular weight excluding hydrogens is 309 g/mol. The lowest BCUT2D eigenvalue weighted by molar-refractivity contribution is 0.0919. The maximum Gasteiger partial charge on any atom is 0.273 e. The van der Waals surface area contributed by atoms with Crippen LogP contribution in [0.25, 0.3) is 0 Å². The Balaban J connectivity index is 1.38. The number of benzene rings is 1. The molecule has 2 aromatic rings. The summed E-state index contributed by atoms with van der Waals surface area (Å²) < 4.78 is 14.8. The molecule has 0 saturated carbocycles. The topological polar surface area (TPSA) is 71.8 Å². The Labute approximate surface area is 139 Å². The molecule has 2 saturated heterocycles. The highest BCUT2D eigenvalue weighted by Gasteiger charge is 2.34. The number of carbonyl (C=O) groups excluding carboxylic acids is 1. The smallest absolute Gasteiger partial charge is 0.273 e. The molecular formula is C17H20FN5O. The predicted molar refractivity (Wildman–Crippen MR) is 86.0 cm³/mol. The van der Waals surface area contributed by atoms with Crippen LogP contribution in [0.1, 0.15) is 41.7 Å². The van der Waals surface area contributed by atoms with E-state index in [4.69, 9.17) is 0 Å². The molecule has 3 heterocycles. The van der Waals surface area contributed by atoms with Crippen LogP contribution in [0.3, 0.4) is 0 Å². The first-order valence-electron chi connectivity index (χ1n) is 8.37. The molecule has 7 heteroatoms. The number of fused-ring (bicyclic) bond motifs is 2. The summed E-state index contributed by atoms with van der Waals surface area (Å²) in [5.41, 5.74) is 1.08. The van der Waals surface area contributed by atoms with Gasteiger partial charge in [0, 0.05) is 18.1 Å². The Morgan fingerprint density at radius 1 is 1.33 bits per heavy atom. The number of aromatic nitrogens is 3. The van der Waals surface area contributed by atoms with Gasteiger partial charge in [-0.05, 0) is 43.4 Å². The Kier molecular flexibility index (Phi) is 4.02. The van der Waals surface area contributed by atoms with E-state index >= 15 is 0 Å². The van der Waals surface area contributed by atoms with Crippen molar-refractivity contribution >= 4 is 5.91 Å². The first kappa shape index (κ1) is 15.3. The highest BCUT2D eigenvalue weighted by molar-refractivity contribution is 5.92. The number of rotatable bonds is 4. The minimum Gasteiger partial charge on any atom is -0.348 e. The molecule has 24 heavy (non-hydrogen) atoms. The van der Waals surface area contributed by atoms with Gasteiger partial charge in [0.15, 0.2) is 5.69 Å². The molecule has 1 amide bonds. The fraction of sp³-hybridized carbons (Fsp3) is 0.471.